The molecule has 3 nitrogen and oxygen atoms in total. The quantitative estimate of drug-likeness (QED) is 0.254. The van der Waals surface area contributed by atoms with Gasteiger partial charge in [-0.3, -0.25) is 4.57 Å². The van der Waals surface area contributed by atoms with E-state index in [9.17, 15) is 4.57 Å². The second-order valence-electron chi connectivity index (χ2n) is 5.48. The SMILES string of the molecule is CCCCCCCCO[PH](=O)OCCCCCCCC. The van der Waals surface area contributed by atoms with E-state index in [-0.39, 0.29) is 0 Å². The predicted octanol–water partition coefficient (Wildman–Crippen LogP) is 6.13. The average molecular weight is 306 g/mol. The van der Waals surface area contributed by atoms with Gasteiger partial charge in [-0.1, -0.05) is 78.1 Å². The highest BCUT2D eigenvalue weighted by Gasteiger charge is 1.99. The molecule has 0 radical (unpaired) electrons. The van der Waals surface area contributed by atoms with Crippen LogP contribution in [0.1, 0.15) is 90.9 Å². The van der Waals surface area contributed by atoms with Gasteiger partial charge in [-0.2, -0.15) is 0 Å². The second kappa shape index (κ2) is 17.2. The van der Waals surface area contributed by atoms with Gasteiger partial charge >= 0.3 is 8.25 Å². The van der Waals surface area contributed by atoms with E-state index in [4.69, 9.17) is 9.05 Å². The molecule has 0 aromatic rings. The molecule has 0 aromatic carbocycles. The van der Waals surface area contributed by atoms with Gasteiger partial charge in [0.15, 0.2) is 0 Å². The molecule has 0 saturated heterocycles. The van der Waals surface area contributed by atoms with E-state index in [1.807, 2.05) is 0 Å². The molecule has 0 saturated carbocycles. The zero-order valence-corrected chi connectivity index (χ0v) is 14.6. The molecule has 0 spiro atoms. The average Bonchev–Trinajstić information content (AvgIpc) is 2.45. The summed E-state index contributed by atoms with van der Waals surface area (Å²) < 4.78 is 21.9. The topological polar surface area (TPSA) is 35.5 Å². The molecule has 0 atom stereocenters. The van der Waals surface area contributed by atoms with Gasteiger partial charge in [0.05, 0.1) is 13.2 Å². The lowest BCUT2D eigenvalue weighted by Crippen LogP contribution is -1.92. The van der Waals surface area contributed by atoms with Gasteiger partial charge in [-0.25, -0.2) is 0 Å². The van der Waals surface area contributed by atoms with E-state index in [0.717, 1.165) is 12.8 Å². The van der Waals surface area contributed by atoms with Crippen LogP contribution in [0.25, 0.3) is 0 Å². The van der Waals surface area contributed by atoms with Crippen LogP contribution in [0, 0.1) is 0 Å². The van der Waals surface area contributed by atoms with E-state index >= 15 is 0 Å². The monoisotopic (exact) mass is 306 g/mol. The van der Waals surface area contributed by atoms with Gasteiger partial charge in [0.25, 0.3) is 0 Å². The smallest absolute Gasteiger partial charge is 0.311 e. The summed E-state index contributed by atoms with van der Waals surface area (Å²) in [5.74, 6) is 0. The lowest BCUT2D eigenvalue weighted by atomic mass is 10.1. The fraction of sp³-hybridized carbons (Fsp3) is 1.00. The third-order valence-corrected chi connectivity index (χ3v) is 4.32. The van der Waals surface area contributed by atoms with Crippen molar-refractivity contribution in [1.82, 2.24) is 0 Å². The Bertz CT molecular complexity index is 190. The molecule has 122 valence electrons. The summed E-state index contributed by atoms with van der Waals surface area (Å²) in [5.41, 5.74) is 0. The largest absolute Gasteiger partial charge is 0.319 e. The number of unbranched alkanes of at least 4 members (excludes halogenated alkanes) is 10. The maximum atomic E-state index is 11.5. The highest BCUT2D eigenvalue weighted by molar-refractivity contribution is 7.33. The Morgan fingerprint density at radius 3 is 1.35 bits per heavy atom. The Labute approximate surface area is 126 Å². The van der Waals surface area contributed by atoms with Crippen LogP contribution in [0.5, 0.6) is 0 Å². The first-order chi connectivity index (χ1) is 9.81. The highest BCUT2D eigenvalue weighted by Crippen LogP contribution is 2.24. The van der Waals surface area contributed by atoms with Crippen LogP contribution < -0.4 is 0 Å². The van der Waals surface area contributed by atoms with Crippen molar-refractivity contribution in [2.75, 3.05) is 13.2 Å². The normalized spacial score (nSPS) is 11.3. The fourth-order valence-corrected chi connectivity index (χ4v) is 2.82. The van der Waals surface area contributed by atoms with Crippen LogP contribution in [0.2, 0.25) is 0 Å². The Balaban J connectivity index is 3.13. The van der Waals surface area contributed by atoms with Crippen molar-refractivity contribution in [2.45, 2.75) is 90.9 Å². The van der Waals surface area contributed by atoms with Gasteiger partial charge < -0.3 is 9.05 Å². The minimum Gasteiger partial charge on any atom is -0.311 e. The van der Waals surface area contributed by atoms with Crippen LogP contribution in [0.3, 0.4) is 0 Å². The molecular weight excluding hydrogens is 271 g/mol. The Morgan fingerprint density at radius 1 is 0.600 bits per heavy atom. The van der Waals surface area contributed by atoms with Crippen molar-refractivity contribution in [2.24, 2.45) is 0 Å². The highest BCUT2D eigenvalue weighted by atomic mass is 31.1. The molecule has 0 bridgehead atoms. The number of hydrogen-bond acceptors (Lipinski definition) is 3. The first-order valence-electron chi connectivity index (χ1n) is 8.60. The van der Waals surface area contributed by atoms with Crippen molar-refractivity contribution < 1.29 is 13.6 Å². The maximum Gasteiger partial charge on any atom is 0.319 e. The minimum atomic E-state index is -2.23. The van der Waals surface area contributed by atoms with Crippen LogP contribution in [-0.4, -0.2) is 13.2 Å². The standard InChI is InChI=1S/C16H35O3P/c1-3-5-7-9-11-13-15-18-20(17)19-16-14-12-10-8-6-4-2/h20H,3-16H2,1-2H3. The summed E-state index contributed by atoms with van der Waals surface area (Å²) in [4.78, 5) is 0. The zero-order valence-electron chi connectivity index (χ0n) is 13.6. The molecule has 0 rings (SSSR count). The Hall–Kier alpha value is 0.150. The molecule has 0 aromatic heterocycles. The van der Waals surface area contributed by atoms with E-state index in [0.29, 0.717) is 13.2 Å². The lowest BCUT2D eigenvalue weighted by Gasteiger charge is -2.06. The summed E-state index contributed by atoms with van der Waals surface area (Å²) in [7, 11) is -2.23. The molecule has 0 unspecified atom stereocenters. The van der Waals surface area contributed by atoms with Crippen molar-refractivity contribution in [1.29, 1.82) is 0 Å². The van der Waals surface area contributed by atoms with Crippen molar-refractivity contribution >= 4 is 8.25 Å². The Kier molecular flexibility index (Phi) is 17.3. The van der Waals surface area contributed by atoms with Gasteiger partial charge in [0.2, 0.25) is 0 Å². The van der Waals surface area contributed by atoms with Crippen molar-refractivity contribution in [3.8, 4) is 0 Å². The Morgan fingerprint density at radius 2 is 0.950 bits per heavy atom. The van der Waals surface area contributed by atoms with Gasteiger partial charge in [-0.15, -0.1) is 0 Å². The van der Waals surface area contributed by atoms with Crippen LogP contribution in [0.15, 0.2) is 0 Å². The molecule has 0 aliphatic heterocycles. The van der Waals surface area contributed by atoms with E-state index in [1.165, 1.54) is 64.2 Å². The number of hydrogen-bond donors (Lipinski definition) is 0. The fourth-order valence-electron chi connectivity index (χ4n) is 2.12. The summed E-state index contributed by atoms with van der Waals surface area (Å²) >= 11 is 0. The van der Waals surface area contributed by atoms with E-state index in [1.54, 1.807) is 0 Å². The third kappa shape index (κ3) is 16.2. The lowest BCUT2D eigenvalue weighted by molar-refractivity contribution is 0.218. The minimum absolute atomic E-state index is 0.584. The van der Waals surface area contributed by atoms with Crippen LogP contribution >= 0.6 is 8.25 Å². The van der Waals surface area contributed by atoms with Gasteiger partial charge in [0, 0.05) is 0 Å². The van der Waals surface area contributed by atoms with Gasteiger partial charge in [0.1, 0.15) is 0 Å². The van der Waals surface area contributed by atoms with Gasteiger partial charge in [-0.05, 0) is 12.8 Å². The van der Waals surface area contributed by atoms with Crippen molar-refractivity contribution in [3.05, 3.63) is 0 Å². The summed E-state index contributed by atoms with van der Waals surface area (Å²) in [5, 5.41) is 0. The van der Waals surface area contributed by atoms with E-state index < -0.39 is 8.25 Å². The first-order valence-corrected chi connectivity index (χ1v) is 9.83. The summed E-state index contributed by atoms with van der Waals surface area (Å²) in [6, 6.07) is 0. The molecule has 0 aliphatic rings. The van der Waals surface area contributed by atoms with Crippen LogP contribution in [0.4, 0.5) is 0 Å². The van der Waals surface area contributed by atoms with E-state index in [2.05, 4.69) is 13.8 Å². The first kappa shape index (κ1) is 20.1. The predicted molar refractivity (Wildman–Crippen MR) is 87.7 cm³/mol. The summed E-state index contributed by atoms with van der Waals surface area (Å²) in [6.07, 6.45) is 14.7. The molecule has 20 heavy (non-hydrogen) atoms. The molecule has 4 heteroatoms. The molecule has 0 amide bonds. The zero-order chi connectivity index (χ0) is 14.9. The molecule has 0 fully saturated rings. The second-order valence-corrected chi connectivity index (χ2v) is 6.56. The molecular formula is C16H35O3P. The van der Waals surface area contributed by atoms with Crippen LogP contribution in [-0.2, 0) is 13.6 Å². The number of rotatable bonds is 16. The van der Waals surface area contributed by atoms with Crippen molar-refractivity contribution in [3.63, 3.8) is 0 Å². The molecule has 0 aliphatic carbocycles. The molecule has 0 N–H and O–H groups in total. The maximum absolute atomic E-state index is 11.5. The summed E-state index contributed by atoms with van der Waals surface area (Å²) in [6.45, 7) is 5.60. The third-order valence-electron chi connectivity index (χ3n) is 3.44. The molecule has 0 heterocycles.